The zero-order chi connectivity index (χ0) is 22.5. The van der Waals surface area contributed by atoms with Gasteiger partial charge in [-0.1, -0.05) is 0 Å². The number of nitrogens with one attached hydrogen (secondary N) is 2. The Kier molecular flexibility index (Phi) is 6.59. The number of thioether (sulfide) groups is 1. The van der Waals surface area contributed by atoms with Crippen molar-refractivity contribution in [2.75, 3.05) is 37.0 Å². The van der Waals surface area contributed by atoms with E-state index in [1.54, 1.807) is 18.3 Å². The van der Waals surface area contributed by atoms with Gasteiger partial charge in [-0.2, -0.15) is 0 Å². The van der Waals surface area contributed by atoms with Gasteiger partial charge in [0.25, 0.3) is 11.1 Å². The van der Waals surface area contributed by atoms with Gasteiger partial charge in [0.15, 0.2) is 5.69 Å². The van der Waals surface area contributed by atoms with E-state index in [0.717, 1.165) is 37.7 Å². The van der Waals surface area contributed by atoms with Gasteiger partial charge in [0.2, 0.25) is 11.9 Å². The molecule has 0 saturated carbocycles. The van der Waals surface area contributed by atoms with Crippen LogP contribution in [0.2, 0.25) is 0 Å². The molecule has 2 fully saturated rings. The Morgan fingerprint density at radius 2 is 2.03 bits per heavy atom. The lowest BCUT2D eigenvalue weighted by molar-refractivity contribution is -0.115. The number of aromatic nitrogens is 4. The van der Waals surface area contributed by atoms with Gasteiger partial charge in [-0.05, 0) is 48.7 Å². The Morgan fingerprint density at radius 3 is 2.75 bits per heavy atom. The van der Waals surface area contributed by atoms with Crippen LogP contribution >= 0.6 is 11.8 Å². The Labute approximate surface area is 188 Å². The van der Waals surface area contributed by atoms with E-state index >= 15 is 0 Å². The molecule has 0 aliphatic carbocycles. The highest BCUT2D eigenvalue weighted by atomic mass is 32.2. The van der Waals surface area contributed by atoms with Crippen LogP contribution in [-0.4, -0.2) is 63.8 Å². The van der Waals surface area contributed by atoms with Crippen molar-refractivity contribution in [1.29, 1.82) is 0 Å². The fraction of sp³-hybridized carbons (Fsp3) is 0.350. The first-order valence-electron chi connectivity index (χ1n) is 10.00. The number of imide groups is 1. The maximum absolute atomic E-state index is 11.7. The summed E-state index contributed by atoms with van der Waals surface area (Å²) in [5, 5.41) is 5.04. The molecule has 2 aliphatic heterocycles. The lowest BCUT2D eigenvalue weighted by Crippen LogP contribution is -2.37. The summed E-state index contributed by atoms with van der Waals surface area (Å²) in [6.07, 6.45) is 6.60. The van der Waals surface area contributed by atoms with Crippen molar-refractivity contribution in [3.63, 3.8) is 0 Å². The van der Waals surface area contributed by atoms with Crippen molar-refractivity contribution >= 4 is 46.9 Å². The number of anilines is 2. The molecule has 166 valence electrons. The van der Waals surface area contributed by atoms with Gasteiger partial charge in [0.1, 0.15) is 0 Å². The van der Waals surface area contributed by atoms with E-state index in [2.05, 4.69) is 40.2 Å². The van der Waals surface area contributed by atoms with Gasteiger partial charge < -0.3 is 15.0 Å². The number of esters is 1. The van der Waals surface area contributed by atoms with E-state index in [1.807, 2.05) is 0 Å². The van der Waals surface area contributed by atoms with Crippen LogP contribution in [0.4, 0.5) is 16.7 Å². The molecule has 0 bridgehead atoms. The van der Waals surface area contributed by atoms with Gasteiger partial charge in [0.05, 0.1) is 17.7 Å². The molecule has 4 rings (SSSR count). The number of hydrogen-bond donors (Lipinski definition) is 2. The van der Waals surface area contributed by atoms with Crippen molar-refractivity contribution < 1.29 is 19.1 Å². The smallest absolute Gasteiger partial charge is 0.356 e. The van der Waals surface area contributed by atoms with Crippen molar-refractivity contribution in [2.45, 2.75) is 12.8 Å². The highest BCUT2D eigenvalue weighted by Crippen LogP contribution is 2.26. The summed E-state index contributed by atoms with van der Waals surface area (Å²) in [6, 6.07) is 3.21. The Morgan fingerprint density at radius 1 is 1.25 bits per heavy atom. The second kappa shape index (κ2) is 9.73. The van der Waals surface area contributed by atoms with E-state index in [9.17, 15) is 14.4 Å². The maximum atomic E-state index is 11.7. The van der Waals surface area contributed by atoms with Crippen LogP contribution in [0.3, 0.4) is 0 Å². The van der Waals surface area contributed by atoms with E-state index in [1.165, 1.54) is 19.4 Å². The summed E-state index contributed by atoms with van der Waals surface area (Å²) in [7, 11) is 1.31. The zero-order valence-electron chi connectivity index (χ0n) is 17.3. The fourth-order valence-corrected chi connectivity index (χ4v) is 4.05. The molecule has 0 aromatic carbocycles. The molecule has 0 radical (unpaired) electrons. The molecule has 2 saturated heterocycles. The number of carbonyl (C=O) groups is 3. The molecule has 2 N–H and O–H groups in total. The molecule has 0 spiro atoms. The molecular weight excluding hydrogens is 434 g/mol. The molecule has 2 aromatic rings. The van der Waals surface area contributed by atoms with Crippen LogP contribution in [0.1, 0.15) is 29.0 Å². The Hall–Kier alpha value is -3.54. The lowest BCUT2D eigenvalue weighted by Gasteiger charge is -2.32. The van der Waals surface area contributed by atoms with E-state index in [4.69, 9.17) is 0 Å². The van der Waals surface area contributed by atoms with Crippen molar-refractivity contribution in [1.82, 2.24) is 25.3 Å². The number of piperidine rings is 1. The zero-order valence-corrected chi connectivity index (χ0v) is 18.1. The van der Waals surface area contributed by atoms with E-state index in [-0.39, 0.29) is 10.9 Å². The molecule has 2 aromatic heterocycles. The van der Waals surface area contributed by atoms with E-state index in [0.29, 0.717) is 35.0 Å². The van der Waals surface area contributed by atoms with Gasteiger partial charge in [-0.3, -0.25) is 14.9 Å². The molecule has 2 amide bonds. The average Bonchev–Trinajstić information content (AvgIpc) is 3.14. The molecule has 11 nitrogen and oxygen atoms in total. The largest absolute Gasteiger partial charge is 0.464 e. The van der Waals surface area contributed by atoms with Gasteiger partial charge >= 0.3 is 5.97 Å². The summed E-state index contributed by atoms with van der Waals surface area (Å²) in [6.45, 7) is 2.25. The first-order chi connectivity index (χ1) is 15.5. The highest BCUT2D eigenvalue weighted by Gasteiger charge is 2.26. The van der Waals surface area contributed by atoms with Gasteiger partial charge in [0, 0.05) is 32.0 Å². The first kappa shape index (κ1) is 21.7. The summed E-state index contributed by atoms with van der Waals surface area (Å²) in [4.78, 5) is 54.3. The summed E-state index contributed by atoms with van der Waals surface area (Å²) < 4.78 is 4.68. The highest BCUT2D eigenvalue weighted by molar-refractivity contribution is 8.18. The quantitative estimate of drug-likeness (QED) is 0.486. The third kappa shape index (κ3) is 5.19. The topological polar surface area (TPSA) is 139 Å². The van der Waals surface area contributed by atoms with Crippen molar-refractivity contribution in [3.8, 4) is 0 Å². The number of methoxy groups -OCH3 is 1. The number of carbonyl (C=O) groups excluding carboxylic acids is 3. The van der Waals surface area contributed by atoms with Crippen LogP contribution in [0.5, 0.6) is 0 Å². The Bertz CT molecular complexity index is 1070. The molecule has 2 aliphatic rings. The van der Waals surface area contributed by atoms with Crippen LogP contribution in [0, 0.1) is 5.92 Å². The minimum absolute atomic E-state index is 0.213. The van der Waals surface area contributed by atoms with Crippen LogP contribution < -0.4 is 15.5 Å². The monoisotopic (exact) mass is 455 g/mol. The summed E-state index contributed by atoms with van der Waals surface area (Å²) >= 11 is 0.862. The summed E-state index contributed by atoms with van der Waals surface area (Å²) in [5.74, 6) is 0.489. The number of amides is 2. The molecule has 32 heavy (non-hydrogen) atoms. The second-order valence-electron chi connectivity index (χ2n) is 7.20. The number of nitrogens with zero attached hydrogens (tertiary/aromatic N) is 5. The number of rotatable bonds is 6. The number of hydrogen-bond acceptors (Lipinski definition) is 11. The standard InChI is InChI=1S/C20H21N7O4S/c1-31-17(29)14-3-7-21-18(25-14)23-11-12-4-8-27(9-5-12)19-22-6-2-13(24-19)10-15-16(28)26-20(30)32-15/h2-3,6-7,10,12H,4-5,8-9,11H2,1H3,(H,21,23,25)(H,26,28,30)/b15-10-. The fourth-order valence-electron chi connectivity index (χ4n) is 3.38. The predicted molar refractivity (Wildman–Crippen MR) is 118 cm³/mol. The minimum atomic E-state index is -0.500. The lowest BCUT2D eigenvalue weighted by atomic mass is 9.97. The SMILES string of the molecule is COC(=O)c1ccnc(NCC2CCN(c3nccc(/C=C4\SC(=O)NC4=O)n3)CC2)n1. The molecule has 4 heterocycles. The third-order valence-electron chi connectivity index (χ3n) is 5.08. The second-order valence-corrected chi connectivity index (χ2v) is 8.22. The number of ether oxygens (including phenoxy) is 1. The molecular formula is C20H21N7O4S. The Balaban J connectivity index is 1.31. The van der Waals surface area contributed by atoms with Crippen LogP contribution in [0.25, 0.3) is 6.08 Å². The maximum Gasteiger partial charge on any atom is 0.356 e. The molecule has 12 heteroatoms. The van der Waals surface area contributed by atoms with Crippen LogP contribution in [-0.2, 0) is 9.53 Å². The van der Waals surface area contributed by atoms with Gasteiger partial charge in [-0.25, -0.2) is 24.7 Å². The molecule has 0 atom stereocenters. The third-order valence-corrected chi connectivity index (χ3v) is 5.89. The average molecular weight is 456 g/mol. The molecule has 0 unspecified atom stereocenters. The van der Waals surface area contributed by atoms with E-state index < -0.39 is 11.9 Å². The van der Waals surface area contributed by atoms with Gasteiger partial charge in [-0.15, -0.1) is 0 Å². The first-order valence-corrected chi connectivity index (χ1v) is 10.8. The normalized spacial score (nSPS) is 18.0. The van der Waals surface area contributed by atoms with Crippen molar-refractivity contribution in [2.24, 2.45) is 5.92 Å². The predicted octanol–water partition coefficient (Wildman–Crippen LogP) is 1.71. The minimum Gasteiger partial charge on any atom is -0.464 e. The summed E-state index contributed by atoms with van der Waals surface area (Å²) in [5.41, 5.74) is 0.790. The van der Waals surface area contributed by atoms with Crippen LogP contribution in [0.15, 0.2) is 29.4 Å². The van der Waals surface area contributed by atoms with Crippen molar-refractivity contribution in [3.05, 3.63) is 40.8 Å².